The Balaban J connectivity index is 2.95. The number of rotatable bonds is 0. The van der Waals surface area contributed by atoms with Crippen LogP contribution in [-0.2, 0) is 9.59 Å². The Kier molecular flexibility index (Phi) is 1.39. The van der Waals surface area contributed by atoms with Crippen molar-refractivity contribution in [2.75, 3.05) is 0 Å². The predicted octanol–water partition coefficient (Wildman–Crippen LogP) is -0.209. The first-order valence-corrected chi connectivity index (χ1v) is 2.42. The molecule has 0 atom stereocenters. The quantitative estimate of drug-likeness (QED) is 0.376. The van der Waals surface area contributed by atoms with E-state index < -0.39 is 11.8 Å². The van der Waals surface area contributed by atoms with Crippen LogP contribution in [0.15, 0.2) is 15.2 Å². The molecule has 5 nitrogen and oxygen atoms in total. The molecule has 0 fully saturated rings. The molecule has 6 heteroatoms. The molecule has 1 aliphatic heterocycles. The maximum Gasteiger partial charge on any atom is 0.355 e. The van der Waals surface area contributed by atoms with Crippen LogP contribution in [0.1, 0.15) is 0 Å². The smallest absolute Gasteiger partial charge is 0.261 e. The third-order valence-corrected chi connectivity index (χ3v) is 0.804. The molecule has 0 N–H and O–H groups in total. The second-order valence-corrected chi connectivity index (χ2v) is 1.62. The first-order chi connectivity index (χ1) is 4.20. The van der Waals surface area contributed by atoms with Gasteiger partial charge >= 0.3 is 11.8 Å². The van der Waals surface area contributed by atoms with Gasteiger partial charge in [0.2, 0.25) is 5.17 Å². The molecule has 1 aliphatic rings. The highest BCUT2D eigenvalue weighted by atomic mass is 32.1. The Bertz CT molecular complexity index is 231. The van der Waals surface area contributed by atoms with Gasteiger partial charge in [-0.15, -0.1) is 17.7 Å². The van der Waals surface area contributed by atoms with Crippen LogP contribution in [0.4, 0.5) is 0 Å². The third kappa shape index (κ3) is 1.20. The minimum Gasteiger partial charge on any atom is -0.261 e. The van der Waals surface area contributed by atoms with Crippen molar-refractivity contribution in [2.45, 2.75) is 0 Å². The summed E-state index contributed by atoms with van der Waals surface area (Å²) in [6, 6.07) is 0. The maximum absolute atomic E-state index is 10.3. The number of thiol groups is 1. The first-order valence-electron chi connectivity index (χ1n) is 1.98. The SMILES string of the molecule is O=C1N=NC(S)=NC1=O. The highest BCUT2D eigenvalue weighted by molar-refractivity contribution is 7.97. The molecular weight excluding hydrogens is 142 g/mol. The van der Waals surface area contributed by atoms with Crippen LogP contribution < -0.4 is 0 Å². The van der Waals surface area contributed by atoms with Crippen molar-refractivity contribution in [1.29, 1.82) is 0 Å². The van der Waals surface area contributed by atoms with Gasteiger partial charge in [0, 0.05) is 0 Å². The van der Waals surface area contributed by atoms with Crippen molar-refractivity contribution in [3.05, 3.63) is 0 Å². The number of hydrogen-bond donors (Lipinski definition) is 1. The standard InChI is InChI=1S/C3HN3O2S/c7-1-2(8)5-6-3(9)4-1/h(H,4,7,9). The lowest BCUT2D eigenvalue weighted by Crippen LogP contribution is -2.12. The summed E-state index contributed by atoms with van der Waals surface area (Å²) >= 11 is 3.58. The van der Waals surface area contributed by atoms with Gasteiger partial charge in [-0.2, -0.15) is 4.99 Å². The number of carbonyl (C=O) groups excluding carboxylic acids is 2. The number of amidine groups is 1. The third-order valence-electron chi connectivity index (χ3n) is 0.615. The second kappa shape index (κ2) is 2.06. The number of aliphatic imine (C=N–C) groups is 1. The average molecular weight is 143 g/mol. The Hall–Kier alpha value is -1.04. The predicted molar refractivity (Wildman–Crippen MR) is 31.3 cm³/mol. The van der Waals surface area contributed by atoms with Gasteiger partial charge in [0.05, 0.1) is 0 Å². The van der Waals surface area contributed by atoms with Crippen molar-refractivity contribution >= 4 is 29.6 Å². The summed E-state index contributed by atoms with van der Waals surface area (Å²) in [6.45, 7) is 0. The van der Waals surface area contributed by atoms with E-state index in [1.165, 1.54) is 0 Å². The molecule has 9 heavy (non-hydrogen) atoms. The normalized spacial score (nSPS) is 18.1. The van der Waals surface area contributed by atoms with Crippen LogP contribution in [0, 0.1) is 0 Å². The van der Waals surface area contributed by atoms with E-state index in [0.29, 0.717) is 0 Å². The fourth-order valence-electron chi connectivity index (χ4n) is 0.294. The van der Waals surface area contributed by atoms with E-state index in [0.717, 1.165) is 0 Å². The van der Waals surface area contributed by atoms with E-state index in [4.69, 9.17) is 0 Å². The first kappa shape index (κ1) is 6.09. The molecular formula is C3HN3O2S. The van der Waals surface area contributed by atoms with Crippen LogP contribution in [0.5, 0.6) is 0 Å². The fourth-order valence-corrected chi connectivity index (χ4v) is 0.429. The zero-order chi connectivity index (χ0) is 6.85. The molecule has 0 saturated carbocycles. The summed E-state index contributed by atoms with van der Waals surface area (Å²) in [4.78, 5) is 23.5. The van der Waals surface area contributed by atoms with Crippen molar-refractivity contribution < 1.29 is 9.59 Å². The van der Waals surface area contributed by atoms with Gasteiger partial charge in [0.1, 0.15) is 0 Å². The van der Waals surface area contributed by atoms with E-state index in [2.05, 4.69) is 27.8 Å². The maximum atomic E-state index is 10.3. The topological polar surface area (TPSA) is 71.2 Å². The van der Waals surface area contributed by atoms with Gasteiger partial charge in [0.15, 0.2) is 0 Å². The molecule has 0 spiro atoms. The number of amides is 2. The highest BCUT2D eigenvalue weighted by Crippen LogP contribution is 1.97. The van der Waals surface area contributed by atoms with Crippen LogP contribution in [0.2, 0.25) is 0 Å². The molecule has 0 bridgehead atoms. The van der Waals surface area contributed by atoms with Crippen molar-refractivity contribution in [2.24, 2.45) is 15.2 Å². The zero-order valence-corrected chi connectivity index (χ0v) is 5.00. The van der Waals surface area contributed by atoms with Crippen LogP contribution in [-0.4, -0.2) is 17.0 Å². The second-order valence-electron chi connectivity index (χ2n) is 1.22. The molecule has 1 heterocycles. The molecule has 1 rings (SSSR count). The minimum absolute atomic E-state index is 0.0837. The van der Waals surface area contributed by atoms with Crippen molar-refractivity contribution in [3.8, 4) is 0 Å². The van der Waals surface area contributed by atoms with Crippen LogP contribution in [0.25, 0.3) is 0 Å². The van der Waals surface area contributed by atoms with Gasteiger partial charge in [0.25, 0.3) is 0 Å². The Morgan fingerprint density at radius 1 is 1.11 bits per heavy atom. The van der Waals surface area contributed by atoms with Gasteiger partial charge in [-0.1, -0.05) is 5.11 Å². The molecule has 0 aliphatic carbocycles. The molecule has 0 saturated heterocycles. The average Bonchev–Trinajstić information content (AvgIpc) is 1.80. The summed E-state index contributed by atoms with van der Waals surface area (Å²) in [5.41, 5.74) is 0. The largest absolute Gasteiger partial charge is 0.355 e. The van der Waals surface area contributed by atoms with Crippen molar-refractivity contribution in [3.63, 3.8) is 0 Å². The fraction of sp³-hybridized carbons (Fsp3) is 0. The van der Waals surface area contributed by atoms with E-state index >= 15 is 0 Å². The Labute approximate surface area is 55.3 Å². The Morgan fingerprint density at radius 2 is 1.78 bits per heavy atom. The number of nitrogens with zero attached hydrogens (tertiary/aromatic N) is 3. The molecule has 0 aromatic rings. The Morgan fingerprint density at radius 3 is 2.22 bits per heavy atom. The van der Waals surface area contributed by atoms with Crippen LogP contribution >= 0.6 is 12.6 Å². The molecule has 0 aromatic carbocycles. The summed E-state index contributed by atoms with van der Waals surface area (Å²) < 4.78 is 0. The molecule has 46 valence electrons. The monoisotopic (exact) mass is 143 g/mol. The minimum atomic E-state index is -0.951. The summed E-state index contributed by atoms with van der Waals surface area (Å²) in [7, 11) is 0. The molecule has 0 unspecified atom stereocenters. The van der Waals surface area contributed by atoms with E-state index in [-0.39, 0.29) is 5.17 Å². The lowest BCUT2D eigenvalue weighted by molar-refractivity contribution is -0.135. The van der Waals surface area contributed by atoms with Crippen LogP contribution in [0.3, 0.4) is 0 Å². The molecule has 2 amide bonds. The summed E-state index contributed by atoms with van der Waals surface area (Å²) in [5.74, 6) is -1.87. The molecule has 0 aromatic heterocycles. The summed E-state index contributed by atoms with van der Waals surface area (Å²) in [5, 5.41) is 5.97. The van der Waals surface area contributed by atoms with E-state index in [9.17, 15) is 9.59 Å². The van der Waals surface area contributed by atoms with Gasteiger partial charge in [-0.25, -0.2) is 0 Å². The van der Waals surface area contributed by atoms with Gasteiger partial charge in [-0.05, 0) is 0 Å². The lowest BCUT2D eigenvalue weighted by atomic mass is 10.6. The number of azo groups is 1. The highest BCUT2D eigenvalue weighted by Gasteiger charge is 2.15. The van der Waals surface area contributed by atoms with Crippen molar-refractivity contribution in [1.82, 2.24) is 0 Å². The number of hydrogen-bond acceptors (Lipinski definition) is 3. The zero-order valence-electron chi connectivity index (χ0n) is 4.11. The number of carbonyl (C=O) groups is 2. The van der Waals surface area contributed by atoms with Gasteiger partial charge in [-0.3, -0.25) is 9.59 Å². The van der Waals surface area contributed by atoms with Gasteiger partial charge < -0.3 is 0 Å². The lowest BCUT2D eigenvalue weighted by Gasteiger charge is -1.91. The summed E-state index contributed by atoms with van der Waals surface area (Å²) in [6.07, 6.45) is 0. The molecule has 0 radical (unpaired) electrons. The van der Waals surface area contributed by atoms with E-state index in [1.807, 2.05) is 0 Å². The van der Waals surface area contributed by atoms with E-state index in [1.54, 1.807) is 0 Å².